The average Bonchev–Trinajstić information content (AvgIpc) is 3.74. The summed E-state index contributed by atoms with van der Waals surface area (Å²) >= 11 is 0. The summed E-state index contributed by atoms with van der Waals surface area (Å²) in [5.74, 6) is 2.54. The molecule has 1 aliphatic heterocycles. The zero-order valence-corrected chi connectivity index (χ0v) is 22.0. The van der Waals surface area contributed by atoms with Gasteiger partial charge in [-0.15, -0.1) is 10.2 Å². The molecule has 1 fully saturated rings. The van der Waals surface area contributed by atoms with Crippen molar-refractivity contribution >= 4 is 16.8 Å². The molecule has 0 bridgehead atoms. The van der Waals surface area contributed by atoms with Gasteiger partial charge in [0.25, 0.3) is 0 Å². The van der Waals surface area contributed by atoms with E-state index in [-0.39, 0.29) is 17.9 Å². The molecule has 3 N–H and O–H groups in total. The molecule has 0 radical (unpaired) electrons. The van der Waals surface area contributed by atoms with Crippen LogP contribution >= 0.6 is 0 Å². The highest BCUT2D eigenvalue weighted by Gasteiger charge is 2.28. The fourth-order valence-electron chi connectivity index (χ4n) is 5.52. The molecule has 4 heterocycles. The van der Waals surface area contributed by atoms with Crippen LogP contribution < -0.4 is 10.6 Å². The molecule has 1 atom stereocenters. The maximum absolute atomic E-state index is 13.5. The lowest BCUT2D eigenvalue weighted by Gasteiger charge is -2.25. The lowest BCUT2D eigenvalue weighted by atomic mass is 9.96. The zero-order valence-electron chi connectivity index (χ0n) is 22.0. The van der Waals surface area contributed by atoms with E-state index < -0.39 is 0 Å². The predicted molar refractivity (Wildman–Crippen MR) is 150 cm³/mol. The van der Waals surface area contributed by atoms with Gasteiger partial charge in [0.05, 0.1) is 18.8 Å². The number of carbonyl (C=O) groups is 1. The number of piperidine rings is 1. The molecule has 0 spiro atoms. The Morgan fingerprint density at radius 1 is 1.00 bits per heavy atom. The first kappa shape index (κ1) is 25.1. The predicted octanol–water partition coefficient (Wildman–Crippen LogP) is 4.59. The summed E-state index contributed by atoms with van der Waals surface area (Å²) in [5, 5.41) is 17.2. The summed E-state index contributed by atoms with van der Waals surface area (Å²) in [5.41, 5.74) is 3.47. The number of amides is 1. The van der Waals surface area contributed by atoms with E-state index in [2.05, 4.69) is 61.7 Å². The highest BCUT2D eigenvalue weighted by atomic mass is 16.3. The van der Waals surface area contributed by atoms with E-state index in [1.807, 2.05) is 36.5 Å². The van der Waals surface area contributed by atoms with E-state index in [1.165, 1.54) is 5.56 Å². The van der Waals surface area contributed by atoms with Gasteiger partial charge in [0, 0.05) is 35.9 Å². The molecular weight excluding hydrogens is 488 g/mol. The van der Waals surface area contributed by atoms with Crippen LogP contribution in [0.1, 0.15) is 47.4 Å². The Bertz CT molecular complexity index is 1500. The van der Waals surface area contributed by atoms with Crippen molar-refractivity contribution in [2.24, 2.45) is 5.92 Å². The van der Waals surface area contributed by atoms with Gasteiger partial charge in [-0.05, 0) is 61.7 Å². The van der Waals surface area contributed by atoms with Crippen LogP contribution in [0.5, 0.6) is 0 Å². The van der Waals surface area contributed by atoms with Crippen LogP contribution in [0.2, 0.25) is 0 Å². The molecule has 6 rings (SSSR count). The Labute approximate surface area is 227 Å². The third-order valence-electron chi connectivity index (χ3n) is 7.67. The fraction of sp³-hybridized carbons (Fsp3) is 0.323. The highest BCUT2D eigenvalue weighted by Crippen LogP contribution is 2.26. The Kier molecular flexibility index (Phi) is 7.54. The second-order valence-corrected chi connectivity index (χ2v) is 10.3. The van der Waals surface area contributed by atoms with Gasteiger partial charge in [-0.25, -0.2) is 0 Å². The smallest absolute Gasteiger partial charge is 0.223 e. The maximum Gasteiger partial charge on any atom is 0.223 e. The van der Waals surface area contributed by atoms with Crippen LogP contribution in [-0.2, 0) is 30.6 Å². The SMILES string of the molecule is O=C(NC(Cc1c[nH]c2ccccc12)c1nnc(CCc2ccccc2)n1Cc1ccco1)C1CCNCC1. The number of carbonyl (C=O) groups excluding carboxylic acids is 1. The van der Waals surface area contributed by atoms with Gasteiger partial charge in [0.2, 0.25) is 5.91 Å². The highest BCUT2D eigenvalue weighted by molar-refractivity contribution is 5.83. The monoisotopic (exact) mass is 522 g/mol. The Hall–Kier alpha value is -4.17. The van der Waals surface area contributed by atoms with E-state index in [1.54, 1.807) is 6.26 Å². The molecule has 200 valence electrons. The minimum absolute atomic E-state index is 0.00397. The minimum atomic E-state index is -0.334. The second-order valence-electron chi connectivity index (χ2n) is 10.3. The molecule has 8 heteroatoms. The lowest BCUT2D eigenvalue weighted by molar-refractivity contribution is -0.126. The van der Waals surface area contributed by atoms with Gasteiger partial charge >= 0.3 is 0 Å². The summed E-state index contributed by atoms with van der Waals surface area (Å²) in [7, 11) is 0. The fourth-order valence-corrected chi connectivity index (χ4v) is 5.52. The number of aryl methyl sites for hydroxylation is 2. The first-order chi connectivity index (χ1) is 19.2. The van der Waals surface area contributed by atoms with Crippen molar-refractivity contribution < 1.29 is 9.21 Å². The van der Waals surface area contributed by atoms with Crippen LogP contribution in [0, 0.1) is 5.92 Å². The molecule has 1 unspecified atom stereocenters. The summed E-state index contributed by atoms with van der Waals surface area (Å²) in [6, 6.07) is 22.2. The molecule has 8 nitrogen and oxygen atoms in total. The maximum atomic E-state index is 13.5. The van der Waals surface area contributed by atoms with Gasteiger partial charge in [0.15, 0.2) is 5.82 Å². The summed E-state index contributed by atoms with van der Waals surface area (Å²) in [6.07, 6.45) is 7.60. The summed E-state index contributed by atoms with van der Waals surface area (Å²) < 4.78 is 7.85. The van der Waals surface area contributed by atoms with Gasteiger partial charge in [-0.3, -0.25) is 4.79 Å². The second kappa shape index (κ2) is 11.7. The Balaban J connectivity index is 1.34. The largest absolute Gasteiger partial charge is 0.467 e. The third-order valence-corrected chi connectivity index (χ3v) is 7.67. The van der Waals surface area contributed by atoms with Crippen LogP contribution in [0.25, 0.3) is 10.9 Å². The van der Waals surface area contributed by atoms with Crippen LogP contribution in [-0.4, -0.2) is 38.7 Å². The molecular formula is C31H34N6O2. The van der Waals surface area contributed by atoms with Crippen molar-refractivity contribution in [2.75, 3.05) is 13.1 Å². The number of aromatic amines is 1. The Morgan fingerprint density at radius 3 is 2.64 bits per heavy atom. The van der Waals surface area contributed by atoms with Crippen LogP contribution in [0.3, 0.4) is 0 Å². The Morgan fingerprint density at radius 2 is 1.82 bits per heavy atom. The van der Waals surface area contributed by atoms with Crippen molar-refractivity contribution in [1.29, 1.82) is 0 Å². The number of hydrogen-bond donors (Lipinski definition) is 3. The van der Waals surface area contributed by atoms with E-state index in [0.717, 1.165) is 72.6 Å². The van der Waals surface area contributed by atoms with Gasteiger partial charge in [0.1, 0.15) is 11.6 Å². The number of hydrogen-bond acceptors (Lipinski definition) is 5. The van der Waals surface area contributed by atoms with Gasteiger partial charge < -0.3 is 24.6 Å². The van der Waals surface area contributed by atoms with E-state index in [4.69, 9.17) is 9.52 Å². The molecule has 2 aromatic carbocycles. The quantitative estimate of drug-likeness (QED) is 0.249. The number of benzene rings is 2. The van der Waals surface area contributed by atoms with Crippen LogP contribution in [0.4, 0.5) is 0 Å². The van der Waals surface area contributed by atoms with Crippen molar-refractivity contribution in [3.63, 3.8) is 0 Å². The summed E-state index contributed by atoms with van der Waals surface area (Å²) in [4.78, 5) is 16.9. The molecule has 0 aliphatic carbocycles. The lowest BCUT2D eigenvalue weighted by Crippen LogP contribution is -2.41. The van der Waals surface area contributed by atoms with E-state index in [9.17, 15) is 4.79 Å². The molecule has 39 heavy (non-hydrogen) atoms. The topological polar surface area (TPSA) is 101 Å². The average molecular weight is 523 g/mol. The molecule has 0 saturated carbocycles. The third kappa shape index (κ3) is 5.81. The zero-order chi connectivity index (χ0) is 26.4. The first-order valence-electron chi connectivity index (χ1n) is 13.8. The van der Waals surface area contributed by atoms with Crippen molar-refractivity contribution in [1.82, 2.24) is 30.4 Å². The molecule has 5 aromatic rings. The minimum Gasteiger partial charge on any atom is -0.467 e. The first-order valence-corrected chi connectivity index (χ1v) is 13.8. The number of furan rings is 1. The van der Waals surface area contributed by atoms with Crippen molar-refractivity contribution in [3.05, 3.63) is 108 Å². The van der Waals surface area contributed by atoms with Crippen molar-refractivity contribution in [3.8, 4) is 0 Å². The number of fused-ring (bicyclic) bond motifs is 1. The number of aromatic nitrogens is 4. The number of rotatable bonds is 10. The number of nitrogens with one attached hydrogen (secondary N) is 3. The van der Waals surface area contributed by atoms with E-state index in [0.29, 0.717) is 13.0 Å². The number of H-pyrrole nitrogens is 1. The van der Waals surface area contributed by atoms with Gasteiger partial charge in [-0.1, -0.05) is 48.5 Å². The molecule has 1 saturated heterocycles. The van der Waals surface area contributed by atoms with Crippen LogP contribution in [0.15, 0.2) is 83.6 Å². The standard InChI is InChI=1S/C31H34N6O2/c38-31(23-14-16-32-17-15-23)34-28(19-24-20-33-27-11-5-4-10-26(24)27)30-36-35-29(13-12-22-7-2-1-3-8-22)37(30)21-25-9-6-18-39-25/h1-11,18,20,23,28,32-33H,12-17,19,21H2,(H,34,38). The van der Waals surface area contributed by atoms with E-state index >= 15 is 0 Å². The van der Waals surface area contributed by atoms with Crippen molar-refractivity contribution in [2.45, 2.75) is 44.7 Å². The molecule has 3 aromatic heterocycles. The number of para-hydroxylation sites is 1. The number of nitrogens with zero attached hydrogens (tertiary/aromatic N) is 3. The molecule has 1 amide bonds. The summed E-state index contributed by atoms with van der Waals surface area (Å²) in [6.45, 7) is 2.24. The molecule has 1 aliphatic rings. The van der Waals surface area contributed by atoms with Gasteiger partial charge in [-0.2, -0.15) is 0 Å². The normalized spacial score (nSPS) is 15.0.